The quantitative estimate of drug-likeness (QED) is 0.387. The highest BCUT2D eigenvalue weighted by Gasteiger charge is 2.31. The van der Waals surface area contributed by atoms with Gasteiger partial charge >= 0.3 is 0 Å². The Bertz CT molecular complexity index is 1480. The van der Waals surface area contributed by atoms with E-state index in [0.29, 0.717) is 23.5 Å². The first-order chi connectivity index (χ1) is 17.2. The lowest BCUT2D eigenvalue weighted by molar-refractivity contribution is 0.133. The normalized spacial score (nSPS) is 17.8. The van der Waals surface area contributed by atoms with Crippen LogP contribution in [0.15, 0.2) is 65.6 Å². The molecule has 1 saturated heterocycles. The summed E-state index contributed by atoms with van der Waals surface area (Å²) >= 11 is 0. The van der Waals surface area contributed by atoms with Crippen LogP contribution in [0, 0.1) is 0 Å². The van der Waals surface area contributed by atoms with Gasteiger partial charge < -0.3 is 4.98 Å². The number of hydrogen-bond acceptors (Lipinski definition) is 5. The van der Waals surface area contributed by atoms with Gasteiger partial charge in [0.15, 0.2) is 5.65 Å². The number of para-hydroxylation sites is 2. The first kappa shape index (κ1) is 21.7. The molecule has 0 aliphatic carbocycles. The fraction of sp³-hybridized carbons (Fsp3) is 0.333. The van der Waals surface area contributed by atoms with E-state index in [0.717, 1.165) is 60.6 Å². The van der Waals surface area contributed by atoms with Crippen molar-refractivity contribution < 1.29 is 0 Å². The summed E-state index contributed by atoms with van der Waals surface area (Å²) in [6, 6.07) is 18.3. The molecule has 8 nitrogen and oxygen atoms in total. The molecule has 0 spiro atoms. The Morgan fingerprint density at radius 3 is 2.74 bits per heavy atom. The first-order valence-corrected chi connectivity index (χ1v) is 12.4. The summed E-state index contributed by atoms with van der Waals surface area (Å²) < 4.78 is 1.84. The Balaban J connectivity index is 1.37. The summed E-state index contributed by atoms with van der Waals surface area (Å²) in [6.45, 7) is 4.50. The van der Waals surface area contributed by atoms with Crippen LogP contribution in [0.3, 0.4) is 0 Å². The van der Waals surface area contributed by atoms with Crippen molar-refractivity contribution in [1.82, 2.24) is 34.6 Å². The molecule has 2 unspecified atom stereocenters. The van der Waals surface area contributed by atoms with Gasteiger partial charge in [-0.3, -0.25) is 19.4 Å². The van der Waals surface area contributed by atoms with Gasteiger partial charge in [-0.1, -0.05) is 49.4 Å². The van der Waals surface area contributed by atoms with Crippen molar-refractivity contribution >= 4 is 22.1 Å². The molecule has 0 saturated carbocycles. The van der Waals surface area contributed by atoms with Crippen molar-refractivity contribution in [3.63, 3.8) is 0 Å². The number of hydrogen-bond donors (Lipinski definition) is 2. The van der Waals surface area contributed by atoms with E-state index >= 15 is 0 Å². The molecule has 2 atom stereocenters. The van der Waals surface area contributed by atoms with Crippen LogP contribution in [0.5, 0.6) is 0 Å². The van der Waals surface area contributed by atoms with Crippen molar-refractivity contribution in [3.8, 4) is 0 Å². The maximum atomic E-state index is 13.5. The van der Waals surface area contributed by atoms with Gasteiger partial charge in [-0.15, -0.1) is 0 Å². The van der Waals surface area contributed by atoms with Gasteiger partial charge in [-0.2, -0.15) is 5.10 Å². The minimum absolute atomic E-state index is 0.0197. The van der Waals surface area contributed by atoms with Crippen LogP contribution in [0.25, 0.3) is 22.1 Å². The third-order valence-electron chi connectivity index (χ3n) is 7.15. The monoisotopic (exact) mass is 467 g/mol. The molecule has 178 valence electrons. The second-order valence-corrected chi connectivity index (χ2v) is 9.38. The number of aromatic amines is 2. The van der Waals surface area contributed by atoms with Gasteiger partial charge in [0.2, 0.25) is 0 Å². The number of nitrogens with zero attached hydrogens (tertiary/aromatic N) is 5. The van der Waals surface area contributed by atoms with E-state index in [1.54, 1.807) is 6.20 Å². The van der Waals surface area contributed by atoms with E-state index in [2.05, 4.69) is 51.3 Å². The first-order valence-electron chi connectivity index (χ1n) is 12.4. The Labute approximate surface area is 203 Å². The van der Waals surface area contributed by atoms with Crippen LogP contribution in [-0.2, 0) is 6.54 Å². The number of H-pyrrole nitrogens is 2. The molecule has 2 aromatic carbocycles. The summed E-state index contributed by atoms with van der Waals surface area (Å²) in [5, 5.41) is 7.54. The fourth-order valence-electron chi connectivity index (χ4n) is 5.40. The smallest absolute Gasteiger partial charge is 0.265 e. The molecule has 35 heavy (non-hydrogen) atoms. The number of piperidine rings is 1. The van der Waals surface area contributed by atoms with Crippen molar-refractivity contribution in [2.75, 3.05) is 13.1 Å². The Kier molecular flexibility index (Phi) is 5.66. The molecule has 1 fully saturated rings. The summed E-state index contributed by atoms with van der Waals surface area (Å²) in [4.78, 5) is 29.4. The Morgan fingerprint density at radius 2 is 1.91 bits per heavy atom. The molecule has 8 heteroatoms. The topological polar surface area (TPSA) is 95.5 Å². The number of fused-ring (bicyclic) bond motifs is 2. The van der Waals surface area contributed by atoms with E-state index in [4.69, 9.17) is 9.97 Å². The number of rotatable bonds is 6. The lowest BCUT2D eigenvalue weighted by Gasteiger charge is -2.37. The number of benzene rings is 2. The van der Waals surface area contributed by atoms with E-state index < -0.39 is 0 Å². The zero-order valence-corrected chi connectivity index (χ0v) is 19.8. The van der Waals surface area contributed by atoms with Crippen molar-refractivity contribution in [2.45, 2.75) is 44.7 Å². The molecule has 1 aliphatic rings. The lowest BCUT2D eigenvalue weighted by Crippen LogP contribution is -2.40. The molecule has 6 rings (SSSR count). The molecule has 0 bridgehead atoms. The third kappa shape index (κ3) is 4.04. The molecular formula is C27H29N7O. The summed E-state index contributed by atoms with van der Waals surface area (Å²) in [5.74, 6) is 2.16. The average molecular weight is 468 g/mol. The number of likely N-dealkylation sites (tertiary alicyclic amines) is 1. The second-order valence-electron chi connectivity index (χ2n) is 9.38. The van der Waals surface area contributed by atoms with Gasteiger partial charge in [0, 0.05) is 12.5 Å². The minimum Gasteiger partial charge on any atom is -0.342 e. The van der Waals surface area contributed by atoms with Gasteiger partial charge in [-0.25, -0.2) is 9.97 Å². The maximum absolute atomic E-state index is 13.5. The van der Waals surface area contributed by atoms with E-state index in [9.17, 15) is 4.79 Å². The Morgan fingerprint density at radius 1 is 1.09 bits per heavy atom. The van der Waals surface area contributed by atoms with Gasteiger partial charge in [0.1, 0.15) is 17.0 Å². The van der Waals surface area contributed by atoms with Crippen molar-refractivity contribution in [1.29, 1.82) is 0 Å². The average Bonchev–Trinajstić information content (AvgIpc) is 3.55. The number of imidazole rings is 1. The zero-order valence-electron chi connectivity index (χ0n) is 19.8. The standard InChI is InChI=1S/C27H29N7O/c1-2-23(33-14-8-11-19(17-33)24-29-21-12-6-7-13-22(21)30-24)26-31-25-20(15-28-32-25)27(35)34(26)16-18-9-4-3-5-10-18/h3-7,9-10,12-13,15,19,23H,2,8,11,14,16-17H2,1H3,(H,28,32)(H,29,30). The molecule has 2 N–H and O–H groups in total. The van der Waals surface area contributed by atoms with Crippen LogP contribution in [0.1, 0.15) is 55.4 Å². The minimum atomic E-state index is -0.0492. The highest BCUT2D eigenvalue weighted by Crippen LogP contribution is 2.33. The Hall–Kier alpha value is -3.78. The number of aromatic nitrogens is 6. The highest BCUT2D eigenvalue weighted by atomic mass is 16.1. The third-order valence-corrected chi connectivity index (χ3v) is 7.15. The van der Waals surface area contributed by atoms with Crippen LogP contribution >= 0.6 is 0 Å². The predicted molar refractivity (Wildman–Crippen MR) is 136 cm³/mol. The predicted octanol–water partition coefficient (Wildman–Crippen LogP) is 4.37. The molecular weight excluding hydrogens is 438 g/mol. The van der Waals surface area contributed by atoms with E-state index in [-0.39, 0.29) is 11.6 Å². The lowest BCUT2D eigenvalue weighted by atomic mass is 9.95. The van der Waals surface area contributed by atoms with Crippen molar-refractivity contribution in [2.24, 2.45) is 0 Å². The fourth-order valence-corrected chi connectivity index (χ4v) is 5.40. The summed E-state index contributed by atoms with van der Waals surface area (Å²) in [7, 11) is 0. The largest absolute Gasteiger partial charge is 0.342 e. The van der Waals surface area contributed by atoms with Crippen molar-refractivity contribution in [3.05, 3.63) is 88.4 Å². The van der Waals surface area contributed by atoms with Crippen LogP contribution < -0.4 is 5.56 Å². The summed E-state index contributed by atoms with van der Waals surface area (Å²) in [6.07, 6.45) is 4.60. The maximum Gasteiger partial charge on any atom is 0.265 e. The van der Waals surface area contributed by atoms with E-state index in [1.807, 2.05) is 34.9 Å². The second kappa shape index (κ2) is 9.11. The van der Waals surface area contributed by atoms with E-state index in [1.165, 1.54) is 0 Å². The van der Waals surface area contributed by atoms with Gasteiger partial charge in [0.25, 0.3) is 5.56 Å². The number of nitrogens with one attached hydrogen (secondary N) is 2. The van der Waals surface area contributed by atoms with Crippen LogP contribution in [0.2, 0.25) is 0 Å². The molecule has 0 amide bonds. The highest BCUT2D eigenvalue weighted by molar-refractivity contribution is 5.75. The molecule has 0 radical (unpaired) electrons. The summed E-state index contributed by atoms with van der Waals surface area (Å²) in [5.41, 5.74) is 3.67. The van der Waals surface area contributed by atoms with Crippen LogP contribution in [-0.4, -0.2) is 47.7 Å². The molecule has 4 heterocycles. The SMILES string of the molecule is CCC(c1nc2[nH]ncc2c(=O)n1Cc1ccccc1)N1CCCC(c2nc3ccccc3[nH]2)C1. The molecule has 3 aromatic heterocycles. The molecule has 5 aromatic rings. The van der Waals surface area contributed by atoms with Gasteiger partial charge in [0.05, 0.1) is 29.8 Å². The zero-order chi connectivity index (χ0) is 23.8. The van der Waals surface area contributed by atoms with Gasteiger partial charge in [-0.05, 0) is 43.5 Å². The van der Waals surface area contributed by atoms with Crippen LogP contribution in [0.4, 0.5) is 0 Å². The molecule has 1 aliphatic heterocycles.